The molecule has 2 aromatic carbocycles. The fourth-order valence-electron chi connectivity index (χ4n) is 8.40. The summed E-state index contributed by atoms with van der Waals surface area (Å²) in [5, 5.41) is 25.0. The van der Waals surface area contributed by atoms with E-state index in [2.05, 4.69) is 41.9 Å². The van der Waals surface area contributed by atoms with Crippen LogP contribution in [0.4, 0.5) is 26.7 Å². The number of primary amides is 1. The fourth-order valence-corrected chi connectivity index (χ4v) is 8.40. The van der Waals surface area contributed by atoms with Gasteiger partial charge in [0.2, 0.25) is 29.5 Å². The van der Waals surface area contributed by atoms with Crippen molar-refractivity contribution in [1.82, 2.24) is 36.1 Å². The summed E-state index contributed by atoms with van der Waals surface area (Å²) in [5.74, 6) is -4.49. The Labute approximate surface area is 441 Å². The third kappa shape index (κ3) is 17.4. The molecular formula is C53H70N12O11. The number of nitrogens with two attached hydrogens (primary N) is 2. The van der Waals surface area contributed by atoms with Crippen LogP contribution in [0.25, 0.3) is 6.08 Å². The summed E-state index contributed by atoms with van der Waals surface area (Å²) in [6.45, 7) is 10.7. The average molecular weight is 1050 g/mol. The number of ether oxygens (including phenoxy) is 1. The maximum atomic E-state index is 13.7. The van der Waals surface area contributed by atoms with E-state index in [0.29, 0.717) is 65.4 Å². The maximum Gasteiger partial charge on any atom is 0.410 e. The Kier molecular flexibility index (Phi) is 21.8. The summed E-state index contributed by atoms with van der Waals surface area (Å²) in [6.07, 6.45) is 4.75. The molecule has 408 valence electrons. The average Bonchev–Trinajstić information content (AvgIpc) is 3.56. The molecule has 9 amide bonds. The summed E-state index contributed by atoms with van der Waals surface area (Å²) in [5.41, 5.74) is 16.3. The molecule has 0 radical (unpaired) electrons. The van der Waals surface area contributed by atoms with E-state index >= 15 is 0 Å². The molecule has 0 unspecified atom stereocenters. The quantitative estimate of drug-likeness (QED) is 0.0538. The monoisotopic (exact) mass is 1050 g/mol. The van der Waals surface area contributed by atoms with Gasteiger partial charge >= 0.3 is 18.1 Å². The van der Waals surface area contributed by atoms with Gasteiger partial charge in [-0.3, -0.25) is 38.5 Å². The van der Waals surface area contributed by atoms with Gasteiger partial charge in [-0.1, -0.05) is 52.8 Å². The number of amidine groups is 1. The number of benzene rings is 2. The Morgan fingerprint density at radius 3 is 2.21 bits per heavy atom. The number of nitrogens with one attached hydrogen (secondary N) is 6. The molecule has 2 aliphatic heterocycles. The van der Waals surface area contributed by atoms with Gasteiger partial charge in [0.1, 0.15) is 30.6 Å². The fraction of sp³-hybridized carbons (Fsp3) is 0.453. The van der Waals surface area contributed by atoms with Gasteiger partial charge in [0.25, 0.3) is 5.91 Å². The highest BCUT2D eigenvalue weighted by Gasteiger charge is 2.32. The molecule has 0 saturated heterocycles. The number of carboxylic acid groups (broad SMARTS) is 1. The number of rotatable bonds is 25. The first-order chi connectivity index (χ1) is 36.3. The first kappa shape index (κ1) is 58.5. The number of carbonyl (C=O) groups excluding carboxylic acids is 8. The van der Waals surface area contributed by atoms with Crippen molar-refractivity contribution in [3.05, 3.63) is 88.2 Å². The van der Waals surface area contributed by atoms with Crippen LogP contribution >= 0.6 is 0 Å². The lowest BCUT2D eigenvalue weighted by Crippen LogP contribution is -2.57. The molecule has 3 aromatic rings. The number of hydrogen-bond donors (Lipinski definition) is 9. The maximum absolute atomic E-state index is 13.7. The molecule has 0 fully saturated rings. The van der Waals surface area contributed by atoms with E-state index in [1.165, 1.54) is 4.90 Å². The zero-order valence-electron chi connectivity index (χ0n) is 43.7. The summed E-state index contributed by atoms with van der Waals surface area (Å²) in [6, 6.07) is 8.92. The SMILES string of the molecule is CCCN(CCC)C(=O)C1=Cc2ccc(C(=O)Nc3cnc4c(c3)CN(C(=O)OCc3ccc(NC(=O)[C@H](CCCNC(N)=O)NC(=O)[C@@H](NC(=O)[C@H](CCC(=O)O)NC(=O)CC)C(C)C)cc3)CC4)cc2N=C(N)C1. The van der Waals surface area contributed by atoms with Crippen molar-refractivity contribution in [2.45, 2.75) is 124 Å². The molecule has 0 bridgehead atoms. The number of nitrogens with zero attached hydrogens (tertiary/aromatic N) is 4. The topological polar surface area (TPSA) is 339 Å². The Hall–Kier alpha value is -8.37. The zero-order valence-corrected chi connectivity index (χ0v) is 43.7. The van der Waals surface area contributed by atoms with Crippen molar-refractivity contribution in [2.24, 2.45) is 22.4 Å². The number of aliphatic carboxylic acids is 1. The van der Waals surface area contributed by atoms with E-state index < -0.39 is 78.1 Å². The van der Waals surface area contributed by atoms with Crippen molar-refractivity contribution in [2.75, 3.05) is 36.8 Å². The predicted octanol–water partition coefficient (Wildman–Crippen LogP) is 4.23. The Morgan fingerprint density at radius 1 is 0.842 bits per heavy atom. The third-order valence-corrected chi connectivity index (χ3v) is 12.4. The minimum atomic E-state index is -1.22. The van der Waals surface area contributed by atoms with Crippen LogP contribution in [0.2, 0.25) is 0 Å². The Balaban J connectivity index is 1.17. The number of amides is 9. The Morgan fingerprint density at radius 2 is 1.55 bits per heavy atom. The van der Waals surface area contributed by atoms with Crippen molar-refractivity contribution < 1.29 is 53.0 Å². The van der Waals surface area contributed by atoms with Crippen molar-refractivity contribution in [3.63, 3.8) is 0 Å². The van der Waals surface area contributed by atoms with Gasteiger partial charge in [-0.15, -0.1) is 0 Å². The number of carbonyl (C=O) groups is 9. The summed E-state index contributed by atoms with van der Waals surface area (Å²) >= 11 is 0. The van der Waals surface area contributed by atoms with Crippen molar-refractivity contribution >= 4 is 82.5 Å². The molecule has 2 aliphatic rings. The normalized spacial score (nSPS) is 13.9. The standard InChI is InChI=1S/C53H70N12O11/c1-6-21-64(22-7-2)51(73)35-24-33-13-14-34(26-42(33)60-43(54)27-35)47(69)59-38-25-36-29-65(23-19-39(36)57-28-38)53(75)76-30-32-11-15-37(16-12-32)58-48(70)40(10-9-20-56-52(55)74)62-50(72)46(31(4)5)63-49(71)41(17-18-45(67)68)61-44(66)8-3/h11-16,24-26,28,31,40-41,46H,6-10,17-23,27,29-30H2,1-5H3,(H2,54,60)(H,58,70)(H,59,69)(H,61,66)(H,62,72)(H,63,71)(H,67,68)(H3,55,56,74)/t40-,41-,46-/m0/s1. The second-order valence-corrected chi connectivity index (χ2v) is 18.8. The minimum absolute atomic E-state index is 0.0425. The first-order valence-corrected chi connectivity index (χ1v) is 25.5. The van der Waals surface area contributed by atoms with Crippen LogP contribution < -0.4 is 43.4 Å². The highest BCUT2D eigenvalue weighted by molar-refractivity contribution is 6.08. The van der Waals surface area contributed by atoms with Gasteiger partial charge in [-0.25, -0.2) is 14.6 Å². The Bertz CT molecular complexity index is 2680. The molecule has 3 atom stereocenters. The number of anilines is 2. The van der Waals surface area contributed by atoms with Gasteiger partial charge in [0.15, 0.2) is 0 Å². The highest BCUT2D eigenvalue weighted by Crippen LogP contribution is 2.29. The van der Waals surface area contributed by atoms with Crippen LogP contribution in [-0.4, -0.2) is 124 Å². The second-order valence-electron chi connectivity index (χ2n) is 18.8. The number of hydrogen-bond acceptors (Lipinski definition) is 13. The number of aromatic nitrogens is 1. The molecule has 23 heteroatoms. The largest absolute Gasteiger partial charge is 0.481 e. The lowest BCUT2D eigenvalue weighted by Gasteiger charge is -2.28. The molecule has 5 rings (SSSR count). The van der Waals surface area contributed by atoms with E-state index in [1.807, 2.05) is 18.7 Å². The number of fused-ring (bicyclic) bond motifs is 2. The zero-order chi connectivity index (χ0) is 55.5. The second kappa shape index (κ2) is 28.3. The first-order valence-electron chi connectivity index (χ1n) is 25.5. The van der Waals surface area contributed by atoms with Gasteiger partial charge in [-0.05, 0) is 85.6 Å². The van der Waals surface area contributed by atoms with E-state index in [9.17, 15) is 48.3 Å². The van der Waals surface area contributed by atoms with Gasteiger partial charge < -0.3 is 63.0 Å². The number of aliphatic imine (C=N–C) groups is 1. The van der Waals surface area contributed by atoms with E-state index in [4.69, 9.17) is 16.2 Å². The predicted molar refractivity (Wildman–Crippen MR) is 284 cm³/mol. The van der Waals surface area contributed by atoms with Crippen LogP contribution in [0.3, 0.4) is 0 Å². The van der Waals surface area contributed by atoms with Gasteiger partial charge in [-0.2, -0.15) is 0 Å². The molecule has 1 aromatic heterocycles. The molecule has 0 saturated carbocycles. The smallest absolute Gasteiger partial charge is 0.410 e. The lowest BCUT2D eigenvalue weighted by molar-refractivity contribution is -0.138. The van der Waals surface area contributed by atoms with Gasteiger partial charge in [0, 0.05) is 79.9 Å². The highest BCUT2D eigenvalue weighted by atomic mass is 16.6. The molecule has 0 aliphatic carbocycles. The minimum Gasteiger partial charge on any atom is -0.481 e. The molecule has 76 heavy (non-hydrogen) atoms. The third-order valence-electron chi connectivity index (χ3n) is 12.4. The summed E-state index contributed by atoms with van der Waals surface area (Å²) in [4.78, 5) is 128. The van der Waals surface area contributed by atoms with Crippen LogP contribution in [0, 0.1) is 5.92 Å². The molecule has 23 nitrogen and oxygen atoms in total. The van der Waals surface area contributed by atoms with Crippen molar-refractivity contribution in [3.8, 4) is 0 Å². The number of pyridine rings is 1. The summed E-state index contributed by atoms with van der Waals surface area (Å²) < 4.78 is 5.66. The van der Waals surface area contributed by atoms with E-state index in [-0.39, 0.29) is 63.5 Å². The molecule has 11 N–H and O–H groups in total. The van der Waals surface area contributed by atoms with E-state index in [0.717, 1.165) is 24.1 Å². The summed E-state index contributed by atoms with van der Waals surface area (Å²) in [7, 11) is 0. The van der Waals surface area contributed by atoms with E-state index in [1.54, 1.807) is 81.6 Å². The van der Waals surface area contributed by atoms with Crippen LogP contribution in [0.5, 0.6) is 0 Å². The molecular weight excluding hydrogens is 981 g/mol. The molecule has 0 spiro atoms. The molecule has 3 heterocycles. The number of urea groups is 1. The van der Waals surface area contributed by atoms with Crippen LogP contribution in [-0.2, 0) is 53.1 Å². The van der Waals surface area contributed by atoms with Crippen molar-refractivity contribution in [1.29, 1.82) is 0 Å². The number of carboxylic acids is 1. The van der Waals surface area contributed by atoms with Crippen LogP contribution in [0.15, 0.2) is 65.3 Å². The van der Waals surface area contributed by atoms with Crippen LogP contribution in [0.1, 0.15) is 119 Å². The van der Waals surface area contributed by atoms with Gasteiger partial charge in [0.05, 0.1) is 24.1 Å². The lowest BCUT2D eigenvalue weighted by atomic mass is 10.0.